The third-order valence-corrected chi connectivity index (χ3v) is 8.55. The number of hydrogen-bond acceptors (Lipinski definition) is 5. The van der Waals surface area contributed by atoms with Crippen LogP contribution in [0.5, 0.6) is 5.75 Å². The molecule has 34 heavy (non-hydrogen) atoms. The van der Waals surface area contributed by atoms with Gasteiger partial charge in [0.1, 0.15) is 28.7 Å². The lowest BCUT2D eigenvalue weighted by molar-refractivity contribution is 0.0836. The Kier molecular flexibility index (Phi) is 5.95. The van der Waals surface area contributed by atoms with Gasteiger partial charge in [-0.15, -0.1) is 10.2 Å². The maximum absolute atomic E-state index is 13.4. The number of aromatic nitrogens is 3. The molecule has 10 heteroatoms. The van der Waals surface area contributed by atoms with Gasteiger partial charge < -0.3 is 4.74 Å². The van der Waals surface area contributed by atoms with E-state index in [1.165, 1.54) is 12.1 Å². The van der Waals surface area contributed by atoms with Crippen molar-refractivity contribution >= 4 is 34.2 Å². The molecule has 3 fully saturated rings. The minimum atomic E-state index is -1.12. The van der Waals surface area contributed by atoms with Crippen LogP contribution in [0.2, 0.25) is 5.02 Å². The van der Waals surface area contributed by atoms with Gasteiger partial charge in [0, 0.05) is 35.9 Å². The molecule has 6 rings (SSSR count). The lowest BCUT2D eigenvalue weighted by atomic mass is 10.1. The van der Waals surface area contributed by atoms with E-state index in [1.54, 1.807) is 6.07 Å². The summed E-state index contributed by atoms with van der Waals surface area (Å²) in [5.74, 6) is 1.54. The quantitative estimate of drug-likeness (QED) is 0.483. The van der Waals surface area contributed by atoms with Crippen LogP contribution in [-0.2, 0) is 17.5 Å². The number of nitrogens with one attached hydrogen (secondary N) is 1. The fraction of sp³-hybridized carbons (Fsp3) is 0.500. The summed E-state index contributed by atoms with van der Waals surface area (Å²) in [4.78, 5) is 2.31. The summed E-state index contributed by atoms with van der Waals surface area (Å²) < 4.78 is 37.2. The monoisotopic (exact) mass is 503 g/mol. The van der Waals surface area contributed by atoms with Crippen molar-refractivity contribution in [1.82, 2.24) is 19.5 Å². The molecule has 1 N–H and O–H groups in total. The number of likely N-dealkylation sites (tertiary alicyclic amines) is 1. The van der Waals surface area contributed by atoms with E-state index in [-0.39, 0.29) is 17.2 Å². The molecule has 2 unspecified atom stereocenters. The first-order chi connectivity index (χ1) is 16.5. The van der Waals surface area contributed by atoms with Gasteiger partial charge in [-0.25, -0.2) is 8.60 Å². The zero-order chi connectivity index (χ0) is 23.2. The first-order valence-electron chi connectivity index (χ1n) is 11.9. The van der Waals surface area contributed by atoms with Crippen molar-refractivity contribution in [1.29, 1.82) is 0 Å². The summed E-state index contributed by atoms with van der Waals surface area (Å²) >= 11 is 6.25. The largest absolute Gasteiger partial charge is 0.489 e. The Balaban J connectivity index is 1.19. The number of benzene rings is 1. The van der Waals surface area contributed by atoms with Gasteiger partial charge in [0.25, 0.3) is 0 Å². The number of hydrogen-bond donors (Lipinski definition) is 1. The molecule has 1 aromatic carbocycles. The van der Waals surface area contributed by atoms with E-state index in [0.29, 0.717) is 29.1 Å². The zero-order valence-corrected chi connectivity index (χ0v) is 20.3. The van der Waals surface area contributed by atoms with Gasteiger partial charge in [0.15, 0.2) is 5.65 Å². The second kappa shape index (κ2) is 9.09. The average Bonchev–Trinajstić information content (AvgIpc) is 3.73. The predicted octanol–water partition coefficient (Wildman–Crippen LogP) is 4.68. The SMILES string of the molecule is O=S(Nc1nnc2cc(OC3CCCN(Cc4ccc(F)cc4Cl)C3)c(C3CC3)cn12)C1CC1. The molecule has 0 bridgehead atoms. The fourth-order valence-corrected chi connectivity index (χ4v) is 5.86. The molecular weight excluding hydrogens is 477 g/mol. The molecule has 0 spiro atoms. The lowest BCUT2D eigenvalue weighted by Crippen LogP contribution is -2.40. The second-order valence-corrected chi connectivity index (χ2v) is 11.4. The molecule has 2 atom stereocenters. The molecular formula is C24H27ClFN5O2S. The maximum Gasteiger partial charge on any atom is 0.240 e. The molecule has 2 aliphatic carbocycles. The van der Waals surface area contributed by atoms with Crippen molar-refractivity contribution in [2.75, 3.05) is 17.8 Å². The third kappa shape index (κ3) is 4.78. The Morgan fingerprint density at radius 1 is 1.18 bits per heavy atom. The molecule has 1 saturated heterocycles. The molecule has 3 aromatic rings. The standard InChI is InChI=1S/C24H27ClFN5O2S/c25-21-10-17(26)6-5-16(21)12-30-9-1-2-18(13-30)33-22-11-23-27-28-24(29-34(32)19-7-8-19)31(23)14-20(22)15-3-4-15/h5-6,10-11,14-15,18-19H,1-4,7-9,12-13H2,(H,28,29). The van der Waals surface area contributed by atoms with E-state index >= 15 is 0 Å². The van der Waals surface area contributed by atoms with Crippen molar-refractivity contribution in [3.8, 4) is 5.75 Å². The second-order valence-electron chi connectivity index (χ2n) is 9.57. The normalized spacial score (nSPS) is 22.1. The highest BCUT2D eigenvalue weighted by atomic mass is 35.5. The van der Waals surface area contributed by atoms with E-state index in [9.17, 15) is 8.60 Å². The number of pyridine rings is 1. The number of anilines is 1. The number of piperidine rings is 1. The highest BCUT2D eigenvalue weighted by Crippen LogP contribution is 2.45. The van der Waals surface area contributed by atoms with Gasteiger partial charge in [-0.2, -0.15) is 0 Å². The van der Waals surface area contributed by atoms with Crippen molar-refractivity contribution in [2.45, 2.75) is 62.3 Å². The van der Waals surface area contributed by atoms with Gasteiger partial charge in [0.05, 0.1) is 5.25 Å². The molecule has 180 valence electrons. The number of fused-ring (bicyclic) bond motifs is 1. The van der Waals surface area contributed by atoms with Crippen LogP contribution in [-0.4, -0.2) is 48.2 Å². The smallest absolute Gasteiger partial charge is 0.240 e. The number of ether oxygens (including phenoxy) is 1. The molecule has 3 heterocycles. The van der Waals surface area contributed by atoms with Crippen molar-refractivity contribution in [2.24, 2.45) is 0 Å². The number of halogens is 2. The highest BCUT2D eigenvalue weighted by molar-refractivity contribution is 7.87. The Morgan fingerprint density at radius 3 is 2.79 bits per heavy atom. The van der Waals surface area contributed by atoms with Gasteiger partial charge in [-0.1, -0.05) is 17.7 Å². The van der Waals surface area contributed by atoms with Crippen molar-refractivity contribution in [3.05, 3.63) is 52.4 Å². The number of rotatable bonds is 8. The summed E-state index contributed by atoms with van der Waals surface area (Å²) in [5, 5.41) is 9.21. The summed E-state index contributed by atoms with van der Waals surface area (Å²) in [6.45, 7) is 2.41. The van der Waals surface area contributed by atoms with Crippen LogP contribution < -0.4 is 9.46 Å². The van der Waals surface area contributed by atoms with Crippen LogP contribution in [0.1, 0.15) is 55.6 Å². The Bertz CT molecular complexity index is 1250. The van der Waals surface area contributed by atoms with E-state index in [1.807, 2.05) is 16.7 Å². The van der Waals surface area contributed by atoms with Crippen LogP contribution in [0.3, 0.4) is 0 Å². The van der Waals surface area contributed by atoms with Gasteiger partial charge in [-0.05, 0) is 68.7 Å². The Hall–Kier alpha value is -2.23. The van der Waals surface area contributed by atoms with Crippen LogP contribution in [0.25, 0.3) is 5.65 Å². The van der Waals surface area contributed by atoms with Gasteiger partial charge in [-0.3, -0.25) is 14.0 Å². The molecule has 7 nitrogen and oxygen atoms in total. The highest BCUT2D eigenvalue weighted by Gasteiger charge is 2.32. The first kappa shape index (κ1) is 22.2. The minimum Gasteiger partial charge on any atom is -0.489 e. The van der Waals surface area contributed by atoms with E-state index in [4.69, 9.17) is 16.3 Å². The zero-order valence-electron chi connectivity index (χ0n) is 18.8. The van der Waals surface area contributed by atoms with E-state index < -0.39 is 11.0 Å². The van der Waals surface area contributed by atoms with Crippen LogP contribution in [0.4, 0.5) is 10.3 Å². The topological polar surface area (TPSA) is 71.8 Å². The predicted molar refractivity (Wildman–Crippen MR) is 130 cm³/mol. The molecule has 2 saturated carbocycles. The molecule has 2 aromatic heterocycles. The molecule has 0 radical (unpaired) electrons. The van der Waals surface area contributed by atoms with Crippen LogP contribution in [0, 0.1) is 5.82 Å². The molecule has 0 amide bonds. The van der Waals surface area contributed by atoms with Gasteiger partial charge >= 0.3 is 0 Å². The first-order valence-corrected chi connectivity index (χ1v) is 13.5. The Labute approximate surface area is 205 Å². The fourth-order valence-electron chi connectivity index (χ4n) is 4.58. The molecule has 3 aliphatic rings. The average molecular weight is 504 g/mol. The van der Waals surface area contributed by atoms with E-state index in [0.717, 1.165) is 68.5 Å². The minimum absolute atomic E-state index is 0.0517. The summed E-state index contributed by atoms with van der Waals surface area (Å²) in [6, 6.07) is 6.54. The lowest BCUT2D eigenvalue weighted by Gasteiger charge is -2.33. The van der Waals surface area contributed by atoms with Crippen LogP contribution in [0.15, 0.2) is 30.5 Å². The summed E-state index contributed by atoms with van der Waals surface area (Å²) in [7, 11) is -1.12. The van der Waals surface area contributed by atoms with Crippen molar-refractivity contribution < 1.29 is 13.3 Å². The van der Waals surface area contributed by atoms with Crippen molar-refractivity contribution in [3.63, 3.8) is 0 Å². The Morgan fingerprint density at radius 2 is 2.03 bits per heavy atom. The van der Waals surface area contributed by atoms with Gasteiger partial charge in [0.2, 0.25) is 5.95 Å². The van der Waals surface area contributed by atoms with E-state index in [2.05, 4.69) is 19.8 Å². The summed E-state index contributed by atoms with van der Waals surface area (Å²) in [6.07, 6.45) is 8.37. The number of nitrogens with zero attached hydrogens (tertiary/aromatic N) is 4. The van der Waals surface area contributed by atoms with Crippen LogP contribution >= 0.6 is 11.6 Å². The third-order valence-electron chi connectivity index (χ3n) is 6.74. The molecule has 1 aliphatic heterocycles. The summed E-state index contributed by atoms with van der Waals surface area (Å²) in [5.41, 5.74) is 2.77. The maximum atomic E-state index is 13.4.